The van der Waals surface area contributed by atoms with Crippen molar-refractivity contribution in [2.45, 2.75) is 110 Å². The summed E-state index contributed by atoms with van der Waals surface area (Å²) >= 11 is 0. The Kier molecular flexibility index (Phi) is 15.2. The fourth-order valence-electron chi connectivity index (χ4n) is 4.79. The number of ether oxygens (including phenoxy) is 2. The molecule has 6 nitrogen and oxygen atoms in total. The predicted molar refractivity (Wildman–Crippen MR) is 174 cm³/mol. The number of unbranched alkanes of at least 4 members (excludes halogenated alkanes) is 9. The summed E-state index contributed by atoms with van der Waals surface area (Å²) in [7, 11) is 0. The quantitative estimate of drug-likeness (QED) is 0.0607. The Hall–Kier alpha value is -3.80. The van der Waals surface area contributed by atoms with Crippen molar-refractivity contribution in [3.63, 3.8) is 0 Å². The number of hydrogen-bond acceptors (Lipinski definition) is 6. The average molecular weight is 585 g/mol. The first-order valence-electron chi connectivity index (χ1n) is 16.1. The molecule has 0 fully saturated rings. The smallest absolute Gasteiger partial charge is 0.343 e. The number of nitrogens with zero attached hydrogens (tertiary/aromatic N) is 2. The summed E-state index contributed by atoms with van der Waals surface area (Å²) in [6, 6.07) is 21.4. The molecule has 0 bridgehead atoms. The van der Waals surface area contributed by atoms with Crippen LogP contribution in [0.4, 0.5) is 11.4 Å². The number of carbonyl (C=O) groups is 2. The molecule has 0 aliphatic heterocycles. The van der Waals surface area contributed by atoms with Crippen LogP contribution in [0.25, 0.3) is 0 Å². The van der Waals surface area contributed by atoms with Gasteiger partial charge in [-0.05, 0) is 98.8 Å². The zero-order chi connectivity index (χ0) is 30.7. The van der Waals surface area contributed by atoms with Crippen LogP contribution < -0.4 is 4.74 Å². The highest BCUT2D eigenvalue weighted by Crippen LogP contribution is 2.22. The van der Waals surface area contributed by atoms with Crippen LogP contribution in [-0.4, -0.2) is 18.0 Å². The number of hydrogen-bond donors (Lipinski definition) is 0. The van der Waals surface area contributed by atoms with Crippen molar-refractivity contribution in [2.75, 3.05) is 0 Å². The Morgan fingerprint density at radius 2 is 1.09 bits per heavy atom. The van der Waals surface area contributed by atoms with E-state index in [9.17, 15) is 9.59 Å². The molecule has 43 heavy (non-hydrogen) atoms. The van der Waals surface area contributed by atoms with Crippen LogP contribution in [-0.2, 0) is 11.2 Å². The van der Waals surface area contributed by atoms with E-state index >= 15 is 0 Å². The molecule has 0 radical (unpaired) electrons. The molecule has 0 aromatic heterocycles. The minimum Gasteiger partial charge on any atom is -0.459 e. The molecule has 0 unspecified atom stereocenters. The lowest BCUT2D eigenvalue weighted by molar-refractivity contribution is 0.0319. The maximum atomic E-state index is 12.6. The highest BCUT2D eigenvalue weighted by atomic mass is 16.5. The molecule has 0 aliphatic carbocycles. The molecule has 230 valence electrons. The SMILES string of the molecule is CCCCCCCCCc1ccc(N=Nc2ccc(C(=O)Oc3ccc(C(=O)O[C@@H](C)CCCCCC)cc3)cc2)cc1. The Morgan fingerprint density at radius 1 is 0.605 bits per heavy atom. The van der Waals surface area contributed by atoms with Gasteiger partial charge in [-0.3, -0.25) is 0 Å². The van der Waals surface area contributed by atoms with Gasteiger partial charge in [0.1, 0.15) is 5.75 Å². The van der Waals surface area contributed by atoms with E-state index in [-0.39, 0.29) is 12.1 Å². The molecular weight excluding hydrogens is 536 g/mol. The van der Waals surface area contributed by atoms with Crippen LogP contribution in [0, 0.1) is 0 Å². The Labute approximate surface area is 257 Å². The van der Waals surface area contributed by atoms with Gasteiger partial charge in [-0.2, -0.15) is 10.2 Å². The predicted octanol–water partition coefficient (Wildman–Crippen LogP) is 11.1. The molecule has 0 saturated carbocycles. The minimum atomic E-state index is -0.490. The van der Waals surface area contributed by atoms with Crippen molar-refractivity contribution in [3.05, 3.63) is 89.5 Å². The van der Waals surface area contributed by atoms with Gasteiger partial charge in [0.25, 0.3) is 0 Å². The van der Waals surface area contributed by atoms with Crippen molar-refractivity contribution in [2.24, 2.45) is 10.2 Å². The third-order valence-corrected chi connectivity index (χ3v) is 7.46. The summed E-state index contributed by atoms with van der Waals surface area (Å²) < 4.78 is 11.0. The van der Waals surface area contributed by atoms with Crippen LogP contribution in [0.3, 0.4) is 0 Å². The second-order valence-electron chi connectivity index (χ2n) is 11.3. The summed E-state index contributed by atoms with van der Waals surface area (Å²) in [6.45, 7) is 6.34. The van der Waals surface area contributed by atoms with Crippen LogP contribution in [0.15, 0.2) is 83.0 Å². The van der Waals surface area contributed by atoms with E-state index in [1.807, 2.05) is 19.1 Å². The van der Waals surface area contributed by atoms with Crippen molar-refractivity contribution in [1.29, 1.82) is 0 Å². The summed E-state index contributed by atoms with van der Waals surface area (Å²) in [5, 5.41) is 8.63. The molecule has 3 aromatic carbocycles. The van der Waals surface area contributed by atoms with Crippen LogP contribution >= 0.6 is 0 Å². The van der Waals surface area contributed by atoms with Crippen molar-refractivity contribution < 1.29 is 19.1 Å². The van der Waals surface area contributed by atoms with Gasteiger partial charge in [0.15, 0.2) is 0 Å². The van der Waals surface area contributed by atoms with Gasteiger partial charge in [0, 0.05) is 0 Å². The monoisotopic (exact) mass is 584 g/mol. The maximum Gasteiger partial charge on any atom is 0.343 e. The summed E-state index contributed by atoms with van der Waals surface area (Å²) in [5.41, 5.74) is 3.59. The van der Waals surface area contributed by atoms with Gasteiger partial charge < -0.3 is 9.47 Å². The molecule has 0 amide bonds. The Morgan fingerprint density at radius 3 is 1.70 bits per heavy atom. The first-order chi connectivity index (χ1) is 21.0. The average Bonchev–Trinajstić information content (AvgIpc) is 3.03. The molecular formula is C37H48N2O4. The van der Waals surface area contributed by atoms with E-state index in [2.05, 4.69) is 36.2 Å². The second kappa shape index (κ2) is 19.4. The second-order valence-corrected chi connectivity index (χ2v) is 11.3. The van der Waals surface area contributed by atoms with Crippen molar-refractivity contribution in [3.8, 4) is 5.75 Å². The normalized spacial score (nSPS) is 11.9. The highest BCUT2D eigenvalue weighted by Gasteiger charge is 2.13. The topological polar surface area (TPSA) is 77.3 Å². The van der Waals surface area contributed by atoms with E-state index in [4.69, 9.17) is 9.47 Å². The third kappa shape index (κ3) is 12.9. The first-order valence-corrected chi connectivity index (χ1v) is 16.1. The lowest BCUT2D eigenvalue weighted by Crippen LogP contribution is -2.15. The largest absolute Gasteiger partial charge is 0.459 e. The van der Waals surface area contributed by atoms with E-state index < -0.39 is 5.97 Å². The summed E-state index contributed by atoms with van der Waals surface area (Å²) in [5.74, 6) is -0.505. The van der Waals surface area contributed by atoms with E-state index in [1.54, 1.807) is 48.5 Å². The molecule has 0 N–H and O–H groups in total. The van der Waals surface area contributed by atoms with Gasteiger partial charge in [-0.15, -0.1) is 0 Å². The van der Waals surface area contributed by atoms with Gasteiger partial charge in [0.2, 0.25) is 0 Å². The van der Waals surface area contributed by atoms with Gasteiger partial charge in [-0.1, -0.05) is 83.8 Å². The number of benzene rings is 3. The fraction of sp³-hybridized carbons (Fsp3) is 0.459. The van der Waals surface area contributed by atoms with Crippen LogP contribution in [0.1, 0.15) is 124 Å². The Balaban J connectivity index is 1.42. The number of esters is 2. The number of rotatable bonds is 19. The molecule has 0 spiro atoms. The number of carbonyl (C=O) groups excluding carboxylic acids is 2. The maximum absolute atomic E-state index is 12.6. The molecule has 0 heterocycles. The highest BCUT2D eigenvalue weighted by molar-refractivity contribution is 5.92. The van der Waals surface area contributed by atoms with Crippen LogP contribution in [0.5, 0.6) is 5.75 Å². The molecule has 0 aliphatic rings. The zero-order valence-corrected chi connectivity index (χ0v) is 26.2. The third-order valence-electron chi connectivity index (χ3n) is 7.46. The number of azo groups is 1. The fourth-order valence-corrected chi connectivity index (χ4v) is 4.79. The molecule has 3 aromatic rings. The van der Waals surface area contributed by atoms with Gasteiger partial charge >= 0.3 is 11.9 Å². The zero-order valence-electron chi connectivity index (χ0n) is 26.2. The first kappa shape index (κ1) is 33.7. The molecule has 1 atom stereocenters. The number of aryl methyl sites for hydroxylation is 1. The summed E-state index contributed by atoms with van der Waals surface area (Å²) in [6.07, 6.45) is 15.6. The van der Waals surface area contributed by atoms with E-state index in [0.29, 0.717) is 22.6 Å². The minimum absolute atomic E-state index is 0.130. The van der Waals surface area contributed by atoms with Gasteiger partial charge in [0.05, 0.1) is 28.6 Å². The van der Waals surface area contributed by atoms with Gasteiger partial charge in [-0.25, -0.2) is 9.59 Å². The van der Waals surface area contributed by atoms with Crippen molar-refractivity contribution >= 4 is 23.3 Å². The van der Waals surface area contributed by atoms with E-state index in [1.165, 1.54) is 63.4 Å². The van der Waals surface area contributed by atoms with Crippen LogP contribution in [0.2, 0.25) is 0 Å². The Bertz CT molecular complexity index is 1250. The lowest BCUT2D eigenvalue weighted by Gasteiger charge is -2.13. The molecule has 0 saturated heterocycles. The molecule has 3 rings (SSSR count). The molecule has 6 heteroatoms. The standard InChI is InChI=1S/C37H48N2O4/c1-4-6-8-10-11-12-14-16-30-17-23-33(24-18-30)38-39-34-25-19-31(20-26-34)37(41)43-35-27-21-32(22-28-35)36(40)42-29(3)15-13-9-7-5-2/h17-29H,4-16H2,1-3H3/t29-/m0/s1. The van der Waals surface area contributed by atoms with Crippen molar-refractivity contribution in [1.82, 2.24) is 0 Å². The summed E-state index contributed by atoms with van der Waals surface area (Å²) in [4.78, 5) is 25.1. The van der Waals surface area contributed by atoms with E-state index in [0.717, 1.165) is 31.4 Å². The lowest BCUT2D eigenvalue weighted by atomic mass is 10.0.